The average molecular weight is 139 g/mol. The monoisotopic (exact) mass is 139 g/mol. The molecule has 1 heterocycles. The van der Waals surface area contributed by atoms with E-state index >= 15 is 0 Å². The zero-order valence-electron chi connectivity index (χ0n) is 5.47. The van der Waals surface area contributed by atoms with Crippen LogP contribution in [-0.4, -0.2) is 11.3 Å². The van der Waals surface area contributed by atoms with Gasteiger partial charge in [-0.05, 0) is 13.0 Å². The van der Waals surface area contributed by atoms with Crippen LogP contribution >= 0.6 is 0 Å². The Morgan fingerprint density at radius 3 is 2.80 bits per heavy atom. The van der Waals surface area contributed by atoms with Crippen molar-refractivity contribution >= 4 is 6.29 Å². The molecule has 10 heavy (non-hydrogen) atoms. The molecule has 0 aromatic carbocycles. The summed E-state index contributed by atoms with van der Waals surface area (Å²) in [6.07, 6.45) is 1.80. The zero-order valence-corrected chi connectivity index (χ0v) is 5.47. The molecule has 0 aliphatic carbocycles. The minimum atomic E-state index is -0.512. The number of hydrogen-bond acceptors (Lipinski definition) is 2. The van der Waals surface area contributed by atoms with Gasteiger partial charge in [-0.3, -0.25) is 9.78 Å². The molecule has 0 aliphatic heterocycles. The first kappa shape index (κ1) is 6.86. The Morgan fingerprint density at radius 1 is 1.70 bits per heavy atom. The molecule has 1 aromatic heterocycles. The molecule has 0 radical (unpaired) electrons. The number of rotatable bonds is 1. The molecule has 2 nitrogen and oxygen atoms in total. The Balaban J connectivity index is 3.30. The van der Waals surface area contributed by atoms with E-state index in [4.69, 9.17) is 0 Å². The Labute approximate surface area is 57.7 Å². The SMILES string of the molecule is Cc1nccc(F)c1C=O. The van der Waals surface area contributed by atoms with Crippen molar-refractivity contribution in [1.82, 2.24) is 4.98 Å². The van der Waals surface area contributed by atoms with Crippen LogP contribution in [0.5, 0.6) is 0 Å². The largest absolute Gasteiger partial charge is 0.298 e. The Kier molecular flexibility index (Phi) is 1.76. The fraction of sp³-hybridized carbons (Fsp3) is 0.143. The summed E-state index contributed by atoms with van der Waals surface area (Å²) >= 11 is 0. The van der Waals surface area contributed by atoms with E-state index in [-0.39, 0.29) is 5.56 Å². The van der Waals surface area contributed by atoms with Crippen molar-refractivity contribution in [2.75, 3.05) is 0 Å². The van der Waals surface area contributed by atoms with Gasteiger partial charge in [0.15, 0.2) is 6.29 Å². The van der Waals surface area contributed by atoms with Crippen molar-refractivity contribution in [3.8, 4) is 0 Å². The van der Waals surface area contributed by atoms with Crippen molar-refractivity contribution < 1.29 is 9.18 Å². The molecule has 0 N–H and O–H groups in total. The van der Waals surface area contributed by atoms with Crippen LogP contribution in [0.25, 0.3) is 0 Å². The third-order valence-corrected chi connectivity index (χ3v) is 1.25. The number of aromatic nitrogens is 1. The number of aryl methyl sites for hydroxylation is 1. The van der Waals surface area contributed by atoms with Crippen LogP contribution in [0.2, 0.25) is 0 Å². The predicted molar refractivity (Wildman–Crippen MR) is 34.3 cm³/mol. The second-order valence-corrected chi connectivity index (χ2v) is 1.91. The second kappa shape index (κ2) is 2.56. The molecular formula is C7H6FNO. The Bertz CT molecular complexity index is 240. The summed E-state index contributed by atoms with van der Waals surface area (Å²) in [5.74, 6) is -0.512. The van der Waals surface area contributed by atoms with E-state index in [0.29, 0.717) is 12.0 Å². The maximum atomic E-state index is 12.6. The van der Waals surface area contributed by atoms with Crippen LogP contribution in [0.3, 0.4) is 0 Å². The first-order valence-corrected chi connectivity index (χ1v) is 2.82. The topological polar surface area (TPSA) is 30.0 Å². The average Bonchev–Trinajstić information content (AvgIpc) is 1.88. The molecule has 1 aromatic rings. The number of hydrogen-bond donors (Lipinski definition) is 0. The summed E-state index contributed by atoms with van der Waals surface area (Å²) in [5, 5.41) is 0. The minimum Gasteiger partial charge on any atom is -0.298 e. The van der Waals surface area contributed by atoms with Gasteiger partial charge in [0, 0.05) is 6.20 Å². The number of carbonyl (C=O) groups excluding carboxylic acids is 1. The van der Waals surface area contributed by atoms with E-state index in [2.05, 4.69) is 4.98 Å². The number of halogens is 1. The molecule has 3 heteroatoms. The predicted octanol–water partition coefficient (Wildman–Crippen LogP) is 1.34. The molecule has 1 rings (SSSR count). The lowest BCUT2D eigenvalue weighted by Gasteiger charge is -1.95. The summed E-state index contributed by atoms with van der Waals surface area (Å²) in [6.45, 7) is 1.59. The van der Waals surface area contributed by atoms with E-state index in [0.717, 1.165) is 6.07 Å². The molecule has 0 saturated heterocycles. The summed E-state index contributed by atoms with van der Waals surface area (Å²) in [6, 6.07) is 1.16. The lowest BCUT2D eigenvalue weighted by Crippen LogP contribution is -1.93. The maximum absolute atomic E-state index is 12.6. The third kappa shape index (κ3) is 1.03. The number of pyridine rings is 1. The summed E-state index contributed by atoms with van der Waals surface area (Å²) < 4.78 is 12.6. The molecule has 0 amide bonds. The van der Waals surface area contributed by atoms with Crippen molar-refractivity contribution in [1.29, 1.82) is 0 Å². The molecule has 0 aliphatic rings. The van der Waals surface area contributed by atoms with E-state index in [1.54, 1.807) is 6.92 Å². The molecule has 0 atom stereocenters. The first-order valence-electron chi connectivity index (χ1n) is 2.82. The van der Waals surface area contributed by atoms with Gasteiger partial charge < -0.3 is 0 Å². The second-order valence-electron chi connectivity index (χ2n) is 1.91. The van der Waals surface area contributed by atoms with Crippen molar-refractivity contribution in [2.24, 2.45) is 0 Å². The van der Waals surface area contributed by atoms with Crippen LogP contribution in [-0.2, 0) is 0 Å². The molecule has 0 bridgehead atoms. The van der Waals surface area contributed by atoms with Gasteiger partial charge in [0.2, 0.25) is 0 Å². The van der Waals surface area contributed by atoms with Crippen molar-refractivity contribution in [3.63, 3.8) is 0 Å². The van der Waals surface area contributed by atoms with E-state index in [1.807, 2.05) is 0 Å². The van der Waals surface area contributed by atoms with Gasteiger partial charge in [-0.15, -0.1) is 0 Å². The summed E-state index contributed by atoms with van der Waals surface area (Å²) in [4.78, 5) is 13.9. The normalized spacial score (nSPS) is 9.40. The van der Waals surface area contributed by atoms with E-state index in [9.17, 15) is 9.18 Å². The smallest absolute Gasteiger partial charge is 0.154 e. The molecule has 0 unspecified atom stereocenters. The summed E-state index contributed by atoms with van der Waals surface area (Å²) in [7, 11) is 0. The fourth-order valence-electron chi connectivity index (χ4n) is 0.688. The van der Waals surface area contributed by atoms with Crippen molar-refractivity contribution in [2.45, 2.75) is 6.92 Å². The van der Waals surface area contributed by atoms with Gasteiger partial charge in [-0.1, -0.05) is 0 Å². The number of nitrogens with zero attached hydrogens (tertiary/aromatic N) is 1. The van der Waals surface area contributed by atoms with E-state index in [1.165, 1.54) is 6.20 Å². The van der Waals surface area contributed by atoms with Gasteiger partial charge in [-0.2, -0.15) is 0 Å². The molecule has 52 valence electrons. The fourth-order valence-corrected chi connectivity index (χ4v) is 0.688. The first-order chi connectivity index (χ1) is 4.75. The minimum absolute atomic E-state index is 0.0440. The molecule has 0 spiro atoms. The van der Waals surface area contributed by atoms with Gasteiger partial charge in [-0.25, -0.2) is 4.39 Å². The lowest BCUT2D eigenvalue weighted by atomic mass is 10.2. The quantitative estimate of drug-likeness (QED) is 0.549. The molecule has 0 fully saturated rings. The van der Waals surface area contributed by atoms with Gasteiger partial charge in [0.05, 0.1) is 11.3 Å². The highest BCUT2D eigenvalue weighted by atomic mass is 19.1. The molecule has 0 saturated carbocycles. The zero-order chi connectivity index (χ0) is 7.56. The van der Waals surface area contributed by atoms with Crippen LogP contribution in [0.15, 0.2) is 12.3 Å². The van der Waals surface area contributed by atoms with Crippen LogP contribution < -0.4 is 0 Å². The molecular weight excluding hydrogens is 133 g/mol. The maximum Gasteiger partial charge on any atom is 0.154 e. The van der Waals surface area contributed by atoms with Crippen LogP contribution in [0.1, 0.15) is 16.1 Å². The van der Waals surface area contributed by atoms with E-state index < -0.39 is 5.82 Å². The third-order valence-electron chi connectivity index (χ3n) is 1.25. The van der Waals surface area contributed by atoms with Crippen LogP contribution in [0.4, 0.5) is 4.39 Å². The standard InChI is InChI=1S/C7H6FNO/c1-5-6(4-10)7(8)2-3-9-5/h2-4H,1H3. The van der Waals surface area contributed by atoms with Crippen molar-refractivity contribution in [3.05, 3.63) is 29.3 Å². The summed E-state index contributed by atoms with van der Waals surface area (Å²) in [5.41, 5.74) is 0.470. The van der Waals surface area contributed by atoms with Gasteiger partial charge in [0.1, 0.15) is 5.82 Å². The van der Waals surface area contributed by atoms with Gasteiger partial charge >= 0.3 is 0 Å². The number of aldehydes is 1. The highest BCUT2D eigenvalue weighted by Gasteiger charge is 2.02. The lowest BCUT2D eigenvalue weighted by molar-refractivity contribution is 0.111. The Hall–Kier alpha value is -1.25. The van der Waals surface area contributed by atoms with Crippen LogP contribution in [0, 0.1) is 12.7 Å². The number of carbonyl (C=O) groups is 1. The highest BCUT2D eigenvalue weighted by molar-refractivity contribution is 5.76. The highest BCUT2D eigenvalue weighted by Crippen LogP contribution is 2.05. The van der Waals surface area contributed by atoms with Gasteiger partial charge in [0.25, 0.3) is 0 Å². The Morgan fingerprint density at radius 2 is 2.40 bits per heavy atom.